The molecule has 4 heteroatoms. The van der Waals surface area contributed by atoms with Crippen molar-refractivity contribution >= 4 is 5.97 Å². The lowest BCUT2D eigenvalue weighted by Gasteiger charge is -2.26. The zero-order valence-corrected chi connectivity index (χ0v) is 10.0. The van der Waals surface area contributed by atoms with E-state index in [2.05, 4.69) is 19.2 Å². The summed E-state index contributed by atoms with van der Waals surface area (Å²) in [5, 5.41) is 12.0. The van der Waals surface area contributed by atoms with Crippen LogP contribution in [0.3, 0.4) is 0 Å². The molecule has 0 heterocycles. The van der Waals surface area contributed by atoms with Crippen LogP contribution in [-0.4, -0.2) is 23.3 Å². The number of nitrogens with two attached hydrogens (primary N) is 1. The number of nitrogens with one attached hydrogen (secondary N) is 1. The van der Waals surface area contributed by atoms with E-state index in [0.717, 1.165) is 19.3 Å². The summed E-state index contributed by atoms with van der Waals surface area (Å²) in [4.78, 5) is 11.0. The Morgan fingerprint density at radius 3 is 2.53 bits per heavy atom. The first-order valence-electron chi connectivity index (χ1n) is 5.69. The number of carboxylic acid groups (broad SMARTS) is 1. The van der Waals surface area contributed by atoms with Crippen LogP contribution in [0.25, 0.3) is 0 Å². The van der Waals surface area contributed by atoms with E-state index in [1.54, 1.807) is 0 Å². The van der Waals surface area contributed by atoms with Crippen LogP contribution in [0.5, 0.6) is 0 Å². The first-order chi connectivity index (χ1) is 6.92. The van der Waals surface area contributed by atoms with Crippen molar-refractivity contribution < 1.29 is 9.90 Å². The largest absolute Gasteiger partial charge is 0.479 e. The first kappa shape index (κ1) is 14.4. The van der Waals surface area contributed by atoms with Crippen LogP contribution in [0.4, 0.5) is 0 Å². The van der Waals surface area contributed by atoms with Gasteiger partial charge in [0, 0.05) is 0 Å². The summed E-state index contributed by atoms with van der Waals surface area (Å²) in [5.74, 6) is -0.401. The van der Waals surface area contributed by atoms with Gasteiger partial charge in [0.1, 0.15) is 0 Å². The van der Waals surface area contributed by atoms with E-state index in [0.29, 0.717) is 18.9 Å². The highest BCUT2D eigenvalue weighted by atomic mass is 16.4. The molecule has 4 N–H and O–H groups in total. The molecule has 0 aliphatic heterocycles. The van der Waals surface area contributed by atoms with Gasteiger partial charge in [-0.3, -0.25) is 5.32 Å². The summed E-state index contributed by atoms with van der Waals surface area (Å²) >= 11 is 0. The third-order valence-corrected chi connectivity index (χ3v) is 2.47. The number of rotatable bonds is 8. The maximum absolute atomic E-state index is 11.0. The monoisotopic (exact) mass is 216 g/mol. The van der Waals surface area contributed by atoms with Gasteiger partial charge in [-0.15, -0.1) is 0 Å². The molecule has 0 amide bonds. The zero-order chi connectivity index (χ0) is 11.9. The van der Waals surface area contributed by atoms with Crippen molar-refractivity contribution in [3.63, 3.8) is 0 Å². The summed E-state index contributed by atoms with van der Waals surface area (Å²) in [7, 11) is 0. The van der Waals surface area contributed by atoms with E-state index in [1.807, 2.05) is 6.92 Å². The molecule has 0 rings (SSSR count). The van der Waals surface area contributed by atoms with Gasteiger partial charge in [0.15, 0.2) is 5.66 Å². The molecule has 90 valence electrons. The van der Waals surface area contributed by atoms with E-state index >= 15 is 0 Å². The minimum absolute atomic E-state index is 0.483. The minimum atomic E-state index is -1.25. The van der Waals surface area contributed by atoms with Crippen molar-refractivity contribution in [2.75, 3.05) is 6.54 Å². The highest BCUT2D eigenvalue weighted by Crippen LogP contribution is 2.09. The summed E-state index contributed by atoms with van der Waals surface area (Å²) in [6.07, 6.45) is 3.21. The van der Waals surface area contributed by atoms with Crippen LogP contribution in [0.15, 0.2) is 0 Å². The Labute approximate surface area is 92.2 Å². The Morgan fingerprint density at radius 1 is 1.53 bits per heavy atom. The van der Waals surface area contributed by atoms with Gasteiger partial charge in [0.2, 0.25) is 0 Å². The van der Waals surface area contributed by atoms with Crippen molar-refractivity contribution in [2.45, 2.75) is 52.1 Å². The van der Waals surface area contributed by atoms with E-state index in [4.69, 9.17) is 10.8 Å². The Morgan fingerprint density at radius 2 is 2.13 bits per heavy atom. The smallest absolute Gasteiger partial charge is 0.338 e. The lowest BCUT2D eigenvalue weighted by molar-refractivity contribution is -0.145. The number of hydrogen-bond donors (Lipinski definition) is 3. The number of carbonyl (C=O) groups is 1. The molecule has 0 bridgehead atoms. The number of carboxylic acids is 1. The molecule has 4 nitrogen and oxygen atoms in total. The molecular weight excluding hydrogens is 192 g/mol. The average molecular weight is 216 g/mol. The Kier molecular flexibility index (Phi) is 6.52. The second kappa shape index (κ2) is 6.80. The van der Waals surface area contributed by atoms with Crippen molar-refractivity contribution in [1.82, 2.24) is 5.32 Å². The fourth-order valence-corrected chi connectivity index (χ4v) is 1.31. The lowest BCUT2D eigenvalue weighted by atomic mass is 10.0. The molecule has 0 saturated heterocycles. The summed E-state index contributed by atoms with van der Waals surface area (Å²) < 4.78 is 0. The maximum atomic E-state index is 11.0. The Balaban J connectivity index is 4.07. The van der Waals surface area contributed by atoms with Crippen LogP contribution < -0.4 is 11.1 Å². The number of hydrogen-bond acceptors (Lipinski definition) is 3. The molecule has 15 heavy (non-hydrogen) atoms. The van der Waals surface area contributed by atoms with E-state index in [1.165, 1.54) is 0 Å². The molecule has 0 aromatic rings. The van der Waals surface area contributed by atoms with Gasteiger partial charge in [-0.25, -0.2) is 4.79 Å². The molecule has 0 aromatic heterocycles. The van der Waals surface area contributed by atoms with E-state index in [-0.39, 0.29) is 0 Å². The highest BCUT2D eigenvalue weighted by molar-refractivity contribution is 5.77. The second-order valence-electron chi connectivity index (χ2n) is 4.49. The minimum Gasteiger partial charge on any atom is -0.479 e. The van der Waals surface area contributed by atoms with Crippen molar-refractivity contribution in [2.24, 2.45) is 11.7 Å². The SMILES string of the molecule is CCCCC(N)(NCCC(C)C)C(=O)O. The van der Waals surface area contributed by atoms with E-state index in [9.17, 15) is 4.79 Å². The van der Waals surface area contributed by atoms with E-state index < -0.39 is 11.6 Å². The standard InChI is InChI=1S/C11H24N2O2/c1-4-5-7-11(12,10(14)15)13-8-6-9(2)3/h9,13H,4-8,12H2,1-3H3,(H,14,15). The van der Waals surface area contributed by atoms with Gasteiger partial charge in [-0.05, 0) is 31.7 Å². The molecule has 0 aromatic carbocycles. The van der Waals surface area contributed by atoms with Crippen LogP contribution in [0.1, 0.15) is 46.5 Å². The quantitative estimate of drug-likeness (QED) is 0.538. The van der Waals surface area contributed by atoms with Crippen molar-refractivity contribution in [3.05, 3.63) is 0 Å². The molecule has 1 atom stereocenters. The first-order valence-corrected chi connectivity index (χ1v) is 5.69. The van der Waals surface area contributed by atoms with Gasteiger partial charge < -0.3 is 10.8 Å². The Hall–Kier alpha value is -0.610. The molecule has 0 fully saturated rings. The summed E-state index contributed by atoms with van der Waals surface area (Å²) in [6, 6.07) is 0. The van der Waals surface area contributed by atoms with Crippen molar-refractivity contribution in [1.29, 1.82) is 0 Å². The molecule has 0 radical (unpaired) electrons. The third-order valence-electron chi connectivity index (χ3n) is 2.47. The fourth-order valence-electron chi connectivity index (χ4n) is 1.31. The maximum Gasteiger partial charge on any atom is 0.338 e. The predicted molar refractivity (Wildman–Crippen MR) is 61.5 cm³/mol. The molecule has 0 aliphatic carbocycles. The zero-order valence-electron chi connectivity index (χ0n) is 10.0. The van der Waals surface area contributed by atoms with Gasteiger partial charge in [-0.1, -0.05) is 27.2 Å². The van der Waals surface area contributed by atoms with Crippen molar-refractivity contribution in [3.8, 4) is 0 Å². The summed E-state index contributed by atoms with van der Waals surface area (Å²) in [6.45, 7) is 6.89. The lowest BCUT2D eigenvalue weighted by Crippen LogP contribution is -2.60. The number of aliphatic carboxylic acids is 1. The number of unbranched alkanes of at least 4 members (excludes halogenated alkanes) is 1. The van der Waals surface area contributed by atoms with Crippen LogP contribution in [-0.2, 0) is 4.79 Å². The second-order valence-corrected chi connectivity index (χ2v) is 4.49. The molecular formula is C11H24N2O2. The normalized spacial score (nSPS) is 15.3. The van der Waals surface area contributed by atoms with Crippen LogP contribution in [0.2, 0.25) is 0 Å². The Bertz CT molecular complexity index is 195. The highest BCUT2D eigenvalue weighted by Gasteiger charge is 2.32. The van der Waals surface area contributed by atoms with Gasteiger partial charge in [0.25, 0.3) is 0 Å². The average Bonchev–Trinajstić information content (AvgIpc) is 2.14. The van der Waals surface area contributed by atoms with Gasteiger partial charge in [-0.2, -0.15) is 0 Å². The molecule has 1 unspecified atom stereocenters. The van der Waals surface area contributed by atoms with Gasteiger partial charge >= 0.3 is 5.97 Å². The third kappa shape index (κ3) is 5.74. The predicted octanol–water partition coefficient (Wildman–Crippen LogP) is 1.55. The molecule has 0 saturated carbocycles. The van der Waals surface area contributed by atoms with Gasteiger partial charge in [0.05, 0.1) is 0 Å². The molecule has 0 aliphatic rings. The summed E-state index contributed by atoms with van der Waals surface area (Å²) in [5.41, 5.74) is 4.56. The van der Waals surface area contributed by atoms with Crippen LogP contribution in [0, 0.1) is 5.92 Å². The fraction of sp³-hybridized carbons (Fsp3) is 0.909. The van der Waals surface area contributed by atoms with Crippen LogP contribution >= 0.6 is 0 Å². The topological polar surface area (TPSA) is 75.3 Å². The molecule has 0 spiro atoms.